The highest BCUT2D eigenvalue weighted by atomic mass is 15.2. The first kappa shape index (κ1) is 79.2. The largest absolute Gasteiger partial charge is 0.344 e. The molecule has 11 heteroatoms. The van der Waals surface area contributed by atoms with Crippen molar-refractivity contribution in [3.05, 3.63) is 331 Å². The third-order valence-corrected chi connectivity index (χ3v) is 18.5. The zero-order chi connectivity index (χ0) is 72.4. The van der Waals surface area contributed by atoms with Crippen LogP contribution >= 0.6 is 0 Å². The van der Waals surface area contributed by atoms with E-state index in [9.17, 15) is 0 Å². The van der Waals surface area contributed by atoms with Crippen molar-refractivity contribution in [1.29, 1.82) is 0 Å². The molecule has 0 unspecified atom stereocenters. The normalized spacial score (nSPS) is 10.5. The van der Waals surface area contributed by atoms with Crippen LogP contribution in [0.3, 0.4) is 0 Å². The average Bonchev–Trinajstić information content (AvgIpc) is 1.66. The third-order valence-electron chi connectivity index (χ3n) is 18.5. The van der Waals surface area contributed by atoms with Crippen LogP contribution in [-0.2, 0) is 56.4 Å². The highest BCUT2D eigenvalue weighted by molar-refractivity contribution is 5.65. The van der Waals surface area contributed by atoms with Gasteiger partial charge in [-0.15, -0.1) is 0 Å². The standard InChI is InChI=1S/C21H28N3.C14H15N4.3C14H16N.C13H14N.2CH4/c1-15(2)17-9-7-10-18(16(3)4)20(17)24-14-13-23(6)21(24)19-11-8-12-22(19)5;1-16-9-8-15-13(16)14-17(2)10-11-18(14)12-6-4-3-5-7-12;1-11-7-4-5-9-13(11)14-12(2)8-6-10-15(14)3;1-11-8-9-15(3)14(10-11)13-7-5-4-6-12(13)2;1-11-8-9-14(15(3)10-11)13-7-5-4-6-12(13)2;1-11-7-3-4-8-12(11)13-9-5-6-10-14(13)2;;/h7-16H,1-6H3;3-11H,1-2H3;3*4-10H,1-3H3;3-10H,1-2H3;2*1H4/q6*+1;;. The number of nitrogens with zero attached hydrogens (tertiary/aromatic N) is 11. The Morgan fingerprint density at radius 1 is 0.340 bits per heavy atom. The van der Waals surface area contributed by atoms with Gasteiger partial charge in [0.25, 0.3) is 0 Å². The van der Waals surface area contributed by atoms with Crippen molar-refractivity contribution in [2.45, 2.75) is 103 Å². The van der Waals surface area contributed by atoms with Gasteiger partial charge in [-0.1, -0.05) is 152 Å². The molecule has 0 saturated heterocycles. The first-order valence-corrected chi connectivity index (χ1v) is 35.0. The number of aryl methyl sites for hydroxylation is 15. The summed E-state index contributed by atoms with van der Waals surface area (Å²) < 4.78 is 21.6. The molecular formula is C92H113N11+6. The second-order valence-electron chi connectivity index (χ2n) is 27.0. The Hall–Kier alpha value is -11.2. The van der Waals surface area contributed by atoms with Crippen LogP contribution in [-0.4, -0.2) is 23.3 Å². The minimum Gasteiger partial charge on any atom is -0.344 e. The van der Waals surface area contributed by atoms with E-state index in [2.05, 4.69) is 402 Å². The number of pyridine rings is 4. The van der Waals surface area contributed by atoms with Crippen molar-refractivity contribution >= 4 is 0 Å². The molecule has 11 nitrogen and oxygen atoms in total. The van der Waals surface area contributed by atoms with E-state index in [-0.39, 0.29) is 14.9 Å². The monoisotopic (exact) mass is 1370 g/mol. The Kier molecular flexibility index (Phi) is 28.4. The topological polar surface area (TPSA) is 55.9 Å². The number of hydrogen-bond acceptors (Lipinski definition) is 1. The summed E-state index contributed by atoms with van der Waals surface area (Å²) in [7, 11) is 16.6. The van der Waals surface area contributed by atoms with Crippen molar-refractivity contribution in [3.8, 4) is 79.6 Å². The van der Waals surface area contributed by atoms with E-state index in [1.165, 1.54) is 112 Å². The second-order valence-corrected chi connectivity index (χ2v) is 27.0. The molecule has 0 saturated carbocycles. The van der Waals surface area contributed by atoms with Crippen molar-refractivity contribution < 1.29 is 27.4 Å². The maximum Gasteiger partial charge on any atom is 0.330 e. The summed E-state index contributed by atoms with van der Waals surface area (Å²) in [5.74, 6) is 4.18. The van der Waals surface area contributed by atoms with Gasteiger partial charge in [0.15, 0.2) is 24.8 Å². The van der Waals surface area contributed by atoms with Crippen LogP contribution in [0.15, 0.2) is 280 Å². The summed E-state index contributed by atoms with van der Waals surface area (Å²) in [5.41, 5.74) is 26.0. The fourth-order valence-corrected chi connectivity index (χ4v) is 12.9. The van der Waals surface area contributed by atoms with E-state index in [1.54, 1.807) is 0 Å². The Bertz CT molecular complexity index is 4940. The second kappa shape index (κ2) is 37.0. The Balaban J connectivity index is 0.000000174. The molecule has 0 spiro atoms. The molecule has 0 aliphatic rings. The molecule has 0 N–H and O–H groups in total. The summed E-state index contributed by atoms with van der Waals surface area (Å²) in [6, 6.07) is 74.4. The molecule has 530 valence electrons. The van der Waals surface area contributed by atoms with Crippen molar-refractivity contribution in [2.75, 3.05) is 0 Å². The van der Waals surface area contributed by atoms with Crippen LogP contribution in [0.2, 0.25) is 0 Å². The molecule has 6 aromatic carbocycles. The fourth-order valence-electron chi connectivity index (χ4n) is 12.9. The van der Waals surface area contributed by atoms with Gasteiger partial charge < -0.3 is 9.13 Å². The highest BCUT2D eigenvalue weighted by Gasteiger charge is 2.28. The summed E-state index contributed by atoms with van der Waals surface area (Å²) >= 11 is 0. The fraction of sp³-hybridized carbons (Fsp3) is 0.250. The molecule has 0 bridgehead atoms. The molecule has 0 aliphatic carbocycles. The average molecular weight is 1370 g/mol. The van der Waals surface area contributed by atoms with E-state index in [0.29, 0.717) is 11.8 Å². The summed E-state index contributed by atoms with van der Waals surface area (Å²) in [6.07, 6.45) is 22.7. The number of aromatic nitrogens is 11. The van der Waals surface area contributed by atoms with Crippen LogP contribution in [0.4, 0.5) is 0 Å². The zero-order valence-corrected chi connectivity index (χ0v) is 63.1. The van der Waals surface area contributed by atoms with Crippen LogP contribution < -0.4 is 27.4 Å². The van der Waals surface area contributed by atoms with Crippen LogP contribution in [0.25, 0.3) is 79.6 Å². The number of para-hydroxylation sites is 2. The first-order valence-electron chi connectivity index (χ1n) is 35.0. The van der Waals surface area contributed by atoms with Crippen molar-refractivity contribution in [1.82, 2.24) is 23.3 Å². The summed E-state index contributed by atoms with van der Waals surface area (Å²) in [5, 5.41) is 0. The molecule has 8 heterocycles. The molecule has 0 aliphatic heterocycles. The van der Waals surface area contributed by atoms with Gasteiger partial charge in [-0.05, 0) is 155 Å². The van der Waals surface area contributed by atoms with Gasteiger partial charge in [0.2, 0.25) is 28.6 Å². The SMILES string of the molecule is C.C.CC(C)c1cccc(C(C)C)c1-n1cc[n+](C)c1-c1cccn1C.Cc1cc[n+](C)c(-c2ccccc2C)c1.Cc1ccc(-c2ccccc2C)[n+](C)c1.Cc1ccccc1-c1c(C)ccc[n+]1C.Cc1ccccc1-c1cccc[n+]1C.Cn1ccnc1-c1n(-c2ccccc2)cc[n+]1C. The molecular weight excluding hydrogens is 1260 g/mol. The van der Waals surface area contributed by atoms with E-state index in [4.69, 9.17) is 0 Å². The summed E-state index contributed by atoms with van der Waals surface area (Å²) in [6.45, 7) is 24.1. The quantitative estimate of drug-likeness (QED) is 0.126. The molecule has 0 fully saturated rings. The number of hydrogen-bond donors (Lipinski definition) is 0. The van der Waals surface area contributed by atoms with E-state index in [0.717, 1.165) is 17.3 Å². The van der Waals surface area contributed by atoms with E-state index in [1.807, 2.05) is 61.5 Å². The molecule has 103 heavy (non-hydrogen) atoms. The van der Waals surface area contributed by atoms with Gasteiger partial charge in [-0.3, -0.25) is 0 Å². The molecule has 0 atom stereocenters. The lowest BCUT2D eigenvalue weighted by Crippen LogP contribution is -2.31. The van der Waals surface area contributed by atoms with Crippen LogP contribution in [0, 0.1) is 48.5 Å². The molecule has 14 aromatic rings. The third kappa shape index (κ3) is 19.5. The predicted octanol–water partition coefficient (Wildman–Crippen LogP) is 18.4. The van der Waals surface area contributed by atoms with Gasteiger partial charge >= 0.3 is 11.6 Å². The Morgan fingerprint density at radius 3 is 1.33 bits per heavy atom. The maximum absolute atomic E-state index is 4.43. The minimum atomic E-state index is 0. The summed E-state index contributed by atoms with van der Waals surface area (Å²) in [4.78, 5) is 4.43. The van der Waals surface area contributed by atoms with Gasteiger partial charge in [-0.25, -0.2) is 32.4 Å². The van der Waals surface area contributed by atoms with Crippen molar-refractivity contribution in [2.24, 2.45) is 56.4 Å². The smallest absolute Gasteiger partial charge is 0.330 e. The predicted molar refractivity (Wildman–Crippen MR) is 428 cm³/mol. The minimum absolute atomic E-state index is 0. The molecule has 8 aromatic heterocycles. The van der Waals surface area contributed by atoms with Gasteiger partial charge in [0, 0.05) is 114 Å². The van der Waals surface area contributed by atoms with Gasteiger partial charge in [-0.2, -0.15) is 9.13 Å². The number of benzene rings is 6. The molecule has 0 radical (unpaired) electrons. The Labute approximate surface area is 616 Å². The van der Waals surface area contributed by atoms with Crippen LogP contribution in [0.5, 0.6) is 0 Å². The van der Waals surface area contributed by atoms with E-state index < -0.39 is 0 Å². The number of imidazole rings is 3. The molecule has 0 amide bonds. The highest BCUT2D eigenvalue weighted by Crippen LogP contribution is 2.34. The lowest BCUT2D eigenvalue weighted by atomic mass is 9.92. The first-order chi connectivity index (χ1) is 48.5. The van der Waals surface area contributed by atoms with Crippen molar-refractivity contribution in [3.63, 3.8) is 0 Å². The number of rotatable bonds is 10. The Morgan fingerprint density at radius 2 is 0.825 bits per heavy atom. The van der Waals surface area contributed by atoms with E-state index >= 15 is 0 Å². The lowest BCUT2D eigenvalue weighted by molar-refractivity contribution is -0.660. The zero-order valence-electron chi connectivity index (χ0n) is 63.1. The lowest BCUT2D eigenvalue weighted by Gasteiger charge is -2.17. The molecule has 14 rings (SSSR count). The maximum atomic E-state index is 4.43. The van der Waals surface area contributed by atoms with Gasteiger partial charge in [0.1, 0.15) is 70.0 Å². The van der Waals surface area contributed by atoms with Crippen LogP contribution in [0.1, 0.15) is 104 Å². The van der Waals surface area contributed by atoms with Gasteiger partial charge in [0.05, 0.1) is 14.1 Å².